The lowest BCUT2D eigenvalue weighted by molar-refractivity contribution is 0.314. The molecule has 1 heterocycles. The number of aryl methyl sites for hydroxylation is 1. The summed E-state index contributed by atoms with van der Waals surface area (Å²) >= 11 is 11.6. The van der Waals surface area contributed by atoms with Crippen molar-refractivity contribution in [2.24, 2.45) is 4.99 Å². The van der Waals surface area contributed by atoms with E-state index < -0.39 is 10.6 Å². The molecule has 1 aliphatic rings. The van der Waals surface area contributed by atoms with Crippen LogP contribution in [0.5, 0.6) is 0 Å². The SMILES string of the molecule is CCc1ccc(C2=NC(C(F)(Cl)Cl)C(c3ccccc3)C2)cc1. The molecule has 0 saturated carbocycles. The van der Waals surface area contributed by atoms with Gasteiger partial charge in [0.15, 0.2) is 0 Å². The molecule has 0 aromatic heterocycles. The number of hydrogen-bond acceptors (Lipinski definition) is 1. The zero-order valence-electron chi connectivity index (χ0n) is 12.8. The fraction of sp³-hybridized carbons (Fsp3) is 0.316. The molecule has 0 aliphatic carbocycles. The lowest BCUT2D eigenvalue weighted by Crippen LogP contribution is -2.28. The molecular weight excluding hydrogens is 332 g/mol. The summed E-state index contributed by atoms with van der Waals surface area (Å²) in [5.74, 6) is -0.156. The largest absolute Gasteiger partial charge is 0.280 e. The third kappa shape index (κ3) is 3.59. The van der Waals surface area contributed by atoms with Crippen LogP contribution in [0.15, 0.2) is 59.6 Å². The zero-order chi connectivity index (χ0) is 16.4. The molecule has 0 saturated heterocycles. The van der Waals surface area contributed by atoms with Crippen LogP contribution in [0.2, 0.25) is 0 Å². The number of alkyl halides is 3. The summed E-state index contributed by atoms with van der Waals surface area (Å²) < 4.78 is 11.9. The maximum Gasteiger partial charge on any atom is 0.280 e. The molecule has 4 heteroatoms. The molecule has 0 amide bonds. The number of benzene rings is 2. The van der Waals surface area contributed by atoms with E-state index in [1.807, 2.05) is 42.5 Å². The molecule has 120 valence electrons. The second-order valence-electron chi connectivity index (χ2n) is 5.83. The van der Waals surface area contributed by atoms with Gasteiger partial charge in [-0.15, -0.1) is 0 Å². The summed E-state index contributed by atoms with van der Waals surface area (Å²) in [5, 5.41) is 0. The number of rotatable bonds is 4. The lowest BCUT2D eigenvalue weighted by Gasteiger charge is -2.23. The van der Waals surface area contributed by atoms with Crippen LogP contribution in [0.3, 0.4) is 0 Å². The molecule has 0 N–H and O–H groups in total. The smallest absolute Gasteiger partial charge is 0.279 e. The highest BCUT2D eigenvalue weighted by Gasteiger charge is 2.45. The van der Waals surface area contributed by atoms with Gasteiger partial charge in [-0.3, -0.25) is 4.99 Å². The van der Waals surface area contributed by atoms with Gasteiger partial charge in [-0.1, -0.05) is 84.7 Å². The molecule has 0 bridgehead atoms. The van der Waals surface area contributed by atoms with Crippen molar-refractivity contribution >= 4 is 28.9 Å². The molecule has 2 atom stereocenters. The standard InChI is InChI=1S/C19H18Cl2FN/c1-2-13-8-10-15(11-9-13)17-12-16(14-6-4-3-5-7-14)18(23-17)19(20,21)22/h3-11,16,18H,2,12H2,1H3. The van der Waals surface area contributed by atoms with Crippen LogP contribution in [0.25, 0.3) is 0 Å². The molecular formula is C19H18Cl2FN. The van der Waals surface area contributed by atoms with Gasteiger partial charge in [0, 0.05) is 11.6 Å². The van der Waals surface area contributed by atoms with E-state index in [0.29, 0.717) is 6.42 Å². The van der Waals surface area contributed by atoms with E-state index in [0.717, 1.165) is 23.3 Å². The summed E-state index contributed by atoms with van der Waals surface area (Å²) in [5.41, 5.74) is 4.13. The Labute approximate surface area is 146 Å². The van der Waals surface area contributed by atoms with Crippen LogP contribution >= 0.6 is 23.2 Å². The van der Waals surface area contributed by atoms with Crippen molar-refractivity contribution in [1.29, 1.82) is 0 Å². The predicted octanol–water partition coefficient (Wildman–Crippen LogP) is 5.70. The molecule has 23 heavy (non-hydrogen) atoms. The Bertz CT molecular complexity index is 690. The molecule has 0 radical (unpaired) electrons. The summed E-state index contributed by atoms with van der Waals surface area (Å²) in [6, 6.07) is 17.2. The van der Waals surface area contributed by atoms with E-state index in [-0.39, 0.29) is 5.92 Å². The van der Waals surface area contributed by atoms with Crippen molar-refractivity contribution in [3.63, 3.8) is 0 Å². The third-order valence-electron chi connectivity index (χ3n) is 4.35. The molecule has 0 fully saturated rings. The van der Waals surface area contributed by atoms with Crippen LogP contribution in [-0.4, -0.2) is 16.3 Å². The minimum Gasteiger partial charge on any atom is -0.279 e. The van der Waals surface area contributed by atoms with Gasteiger partial charge in [0.25, 0.3) is 4.59 Å². The Balaban J connectivity index is 1.93. The summed E-state index contributed by atoms with van der Waals surface area (Å²) in [6.07, 6.45) is 1.62. The first kappa shape index (κ1) is 16.5. The third-order valence-corrected chi connectivity index (χ3v) is 4.79. The maximum atomic E-state index is 14.3. The van der Waals surface area contributed by atoms with E-state index in [1.54, 1.807) is 0 Å². The first-order chi connectivity index (χ1) is 11.0. The fourth-order valence-corrected chi connectivity index (χ4v) is 3.46. The van der Waals surface area contributed by atoms with Gasteiger partial charge < -0.3 is 0 Å². The van der Waals surface area contributed by atoms with Crippen molar-refractivity contribution in [1.82, 2.24) is 0 Å². The molecule has 1 nitrogen and oxygen atoms in total. The second kappa shape index (κ2) is 6.62. The van der Waals surface area contributed by atoms with Gasteiger partial charge in [0.2, 0.25) is 0 Å². The second-order valence-corrected chi connectivity index (χ2v) is 7.13. The normalized spacial score (nSPS) is 21.3. The first-order valence-electron chi connectivity index (χ1n) is 7.76. The zero-order valence-corrected chi connectivity index (χ0v) is 14.4. The topological polar surface area (TPSA) is 12.4 Å². The van der Waals surface area contributed by atoms with Gasteiger partial charge in [-0.05, 0) is 29.5 Å². The first-order valence-corrected chi connectivity index (χ1v) is 8.52. The van der Waals surface area contributed by atoms with Gasteiger partial charge in [0.1, 0.15) is 6.04 Å². The van der Waals surface area contributed by atoms with Crippen molar-refractivity contribution in [2.45, 2.75) is 36.3 Å². The van der Waals surface area contributed by atoms with E-state index in [9.17, 15) is 4.39 Å². The number of aliphatic imine (C=N–C) groups is 1. The van der Waals surface area contributed by atoms with E-state index >= 15 is 0 Å². The minimum atomic E-state index is -2.38. The van der Waals surface area contributed by atoms with Gasteiger partial charge >= 0.3 is 0 Å². The van der Waals surface area contributed by atoms with Gasteiger partial charge in [0.05, 0.1) is 0 Å². The van der Waals surface area contributed by atoms with Crippen LogP contribution in [0, 0.1) is 0 Å². The van der Waals surface area contributed by atoms with Gasteiger partial charge in [-0.2, -0.15) is 0 Å². The minimum absolute atomic E-state index is 0.156. The van der Waals surface area contributed by atoms with E-state index in [4.69, 9.17) is 23.2 Å². The maximum absolute atomic E-state index is 14.3. The lowest BCUT2D eigenvalue weighted by atomic mass is 9.89. The Hall–Kier alpha value is -1.38. The summed E-state index contributed by atoms with van der Waals surface area (Å²) in [4.78, 5) is 4.52. The average molecular weight is 350 g/mol. The van der Waals surface area contributed by atoms with Crippen molar-refractivity contribution < 1.29 is 4.39 Å². The van der Waals surface area contributed by atoms with Crippen LogP contribution in [0.1, 0.15) is 36.0 Å². The highest BCUT2D eigenvalue weighted by atomic mass is 35.5. The average Bonchev–Trinajstić information content (AvgIpc) is 3.01. The van der Waals surface area contributed by atoms with Crippen molar-refractivity contribution in [3.8, 4) is 0 Å². The Morgan fingerprint density at radius 2 is 1.74 bits per heavy atom. The Kier molecular flexibility index (Phi) is 4.74. The molecule has 3 rings (SSSR count). The molecule has 2 unspecified atom stereocenters. The summed E-state index contributed by atoms with van der Waals surface area (Å²) in [7, 11) is 0. The Morgan fingerprint density at radius 3 is 2.30 bits per heavy atom. The predicted molar refractivity (Wildman–Crippen MR) is 95.5 cm³/mol. The van der Waals surface area contributed by atoms with Crippen LogP contribution in [-0.2, 0) is 6.42 Å². The summed E-state index contributed by atoms with van der Waals surface area (Å²) in [6.45, 7) is 2.11. The van der Waals surface area contributed by atoms with Crippen LogP contribution < -0.4 is 0 Å². The number of nitrogens with zero attached hydrogens (tertiary/aromatic N) is 1. The van der Waals surface area contributed by atoms with E-state index in [2.05, 4.69) is 24.0 Å². The number of halogens is 3. The van der Waals surface area contributed by atoms with E-state index in [1.165, 1.54) is 5.56 Å². The van der Waals surface area contributed by atoms with Crippen molar-refractivity contribution in [2.75, 3.05) is 0 Å². The molecule has 0 spiro atoms. The van der Waals surface area contributed by atoms with Crippen LogP contribution in [0.4, 0.5) is 4.39 Å². The fourth-order valence-electron chi connectivity index (χ4n) is 3.06. The highest BCUT2D eigenvalue weighted by molar-refractivity contribution is 6.47. The highest BCUT2D eigenvalue weighted by Crippen LogP contribution is 2.44. The monoisotopic (exact) mass is 349 g/mol. The molecule has 1 aliphatic heterocycles. The molecule has 2 aromatic carbocycles. The Morgan fingerprint density at radius 1 is 1.09 bits per heavy atom. The van der Waals surface area contributed by atoms with Gasteiger partial charge in [-0.25, -0.2) is 4.39 Å². The quantitative estimate of drug-likeness (QED) is 0.628. The van der Waals surface area contributed by atoms with Crippen molar-refractivity contribution in [3.05, 3.63) is 71.3 Å². The molecule has 2 aromatic rings. The number of hydrogen-bond donors (Lipinski definition) is 0.